The number of aromatic nitrogens is 2. The first-order valence-corrected chi connectivity index (χ1v) is 5.94. The minimum absolute atomic E-state index is 0.352. The van der Waals surface area contributed by atoms with E-state index >= 15 is 0 Å². The molecule has 1 aliphatic rings. The van der Waals surface area contributed by atoms with E-state index in [1.807, 2.05) is 0 Å². The Bertz CT molecular complexity index is 518. The Morgan fingerprint density at radius 2 is 2.40 bits per heavy atom. The van der Waals surface area contributed by atoms with Crippen LogP contribution >= 0.6 is 15.9 Å². The van der Waals surface area contributed by atoms with Crippen molar-refractivity contribution in [2.75, 3.05) is 6.54 Å². The van der Waals surface area contributed by atoms with Gasteiger partial charge >= 0.3 is 0 Å². The molecule has 1 aromatic carbocycles. The fraction of sp³-hybridized carbons (Fsp3) is 0.364. The van der Waals surface area contributed by atoms with Gasteiger partial charge in [-0.05, 0) is 25.1 Å². The van der Waals surface area contributed by atoms with Crippen molar-refractivity contribution in [2.24, 2.45) is 0 Å². The largest absolute Gasteiger partial charge is 0.325 e. The second-order valence-electron chi connectivity index (χ2n) is 3.93. The van der Waals surface area contributed by atoms with E-state index in [0.29, 0.717) is 6.04 Å². The average molecular weight is 266 g/mol. The summed E-state index contributed by atoms with van der Waals surface area (Å²) < 4.78 is 3.40. The molecule has 0 bridgehead atoms. The molecule has 1 N–H and O–H groups in total. The maximum atomic E-state index is 4.67. The number of benzene rings is 1. The zero-order valence-electron chi connectivity index (χ0n) is 8.50. The third-order valence-corrected chi connectivity index (χ3v) is 3.41. The molecule has 3 nitrogen and oxygen atoms in total. The molecule has 1 aromatic heterocycles. The molecule has 0 saturated carbocycles. The summed E-state index contributed by atoms with van der Waals surface area (Å²) in [4.78, 5) is 4.67. The molecule has 1 aliphatic heterocycles. The summed E-state index contributed by atoms with van der Waals surface area (Å²) in [5, 5.41) is 3.42. The van der Waals surface area contributed by atoms with Crippen molar-refractivity contribution < 1.29 is 0 Å². The van der Waals surface area contributed by atoms with Gasteiger partial charge in [-0.3, -0.25) is 0 Å². The zero-order chi connectivity index (χ0) is 10.4. The third kappa shape index (κ3) is 1.40. The fourth-order valence-electron chi connectivity index (χ4n) is 2.17. The standard InChI is InChI=1S/C11H12BrN3/c1-7-11-14-9-6-8(12)2-3-10(9)15(11)5-4-13-7/h2-3,6-7,13H,4-5H2,1H3/t7-/m0/s1. The molecule has 0 fully saturated rings. The van der Waals surface area contributed by atoms with Crippen molar-refractivity contribution >= 4 is 27.0 Å². The maximum Gasteiger partial charge on any atom is 0.126 e. The van der Waals surface area contributed by atoms with Crippen LogP contribution in [0, 0.1) is 0 Å². The normalized spacial score (nSPS) is 20.5. The summed E-state index contributed by atoms with van der Waals surface area (Å²) in [5.74, 6) is 1.15. The smallest absolute Gasteiger partial charge is 0.126 e. The second-order valence-corrected chi connectivity index (χ2v) is 4.85. The van der Waals surface area contributed by atoms with E-state index in [4.69, 9.17) is 0 Å². The van der Waals surface area contributed by atoms with Crippen molar-refractivity contribution in [3.8, 4) is 0 Å². The summed E-state index contributed by atoms with van der Waals surface area (Å²) in [7, 11) is 0. The summed E-state index contributed by atoms with van der Waals surface area (Å²) >= 11 is 3.48. The lowest BCUT2D eigenvalue weighted by Crippen LogP contribution is -2.31. The average Bonchev–Trinajstić information content (AvgIpc) is 2.57. The van der Waals surface area contributed by atoms with Crippen molar-refractivity contribution in [2.45, 2.75) is 19.5 Å². The highest BCUT2D eigenvalue weighted by atomic mass is 79.9. The minimum atomic E-state index is 0.352. The van der Waals surface area contributed by atoms with Crippen LogP contribution in [0.3, 0.4) is 0 Å². The van der Waals surface area contributed by atoms with Gasteiger partial charge in [-0.1, -0.05) is 15.9 Å². The predicted molar refractivity (Wildman–Crippen MR) is 63.9 cm³/mol. The number of imidazole rings is 1. The first-order chi connectivity index (χ1) is 7.25. The van der Waals surface area contributed by atoms with Crippen LogP contribution in [0.15, 0.2) is 22.7 Å². The molecule has 0 unspecified atom stereocenters. The highest BCUT2D eigenvalue weighted by Gasteiger charge is 2.19. The van der Waals surface area contributed by atoms with E-state index in [2.05, 4.69) is 55.9 Å². The predicted octanol–water partition coefficient (Wildman–Crippen LogP) is 2.46. The van der Waals surface area contributed by atoms with Crippen LogP contribution in [0.2, 0.25) is 0 Å². The molecule has 2 heterocycles. The second kappa shape index (κ2) is 3.32. The number of hydrogen-bond donors (Lipinski definition) is 1. The van der Waals surface area contributed by atoms with Crippen LogP contribution in [-0.4, -0.2) is 16.1 Å². The lowest BCUT2D eigenvalue weighted by atomic mass is 10.2. The lowest BCUT2D eigenvalue weighted by molar-refractivity contribution is 0.443. The van der Waals surface area contributed by atoms with Crippen molar-refractivity contribution in [3.63, 3.8) is 0 Å². The Kier molecular flexibility index (Phi) is 2.07. The number of fused-ring (bicyclic) bond motifs is 3. The van der Waals surface area contributed by atoms with Gasteiger partial charge in [0.05, 0.1) is 17.1 Å². The summed E-state index contributed by atoms with van der Waals surface area (Å²) in [6.45, 7) is 4.19. The molecule has 1 atom stereocenters. The molecule has 0 spiro atoms. The molecule has 4 heteroatoms. The van der Waals surface area contributed by atoms with E-state index in [0.717, 1.165) is 28.9 Å². The van der Waals surface area contributed by atoms with Crippen LogP contribution in [0.25, 0.3) is 11.0 Å². The Morgan fingerprint density at radius 1 is 1.53 bits per heavy atom. The van der Waals surface area contributed by atoms with E-state index in [1.54, 1.807) is 0 Å². The van der Waals surface area contributed by atoms with Gasteiger partial charge in [0.1, 0.15) is 5.82 Å². The third-order valence-electron chi connectivity index (χ3n) is 2.91. The summed E-state index contributed by atoms with van der Waals surface area (Å²) in [6, 6.07) is 6.63. The number of nitrogens with zero attached hydrogens (tertiary/aromatic N) is 2. The molecule has 0 saturated heterocycles. The van der Waals surface area contributed by atoms with Gasteiger partial charge in [-0.2, -0.15) is 0 Å². The van der Waals surface area contributed by atoms with Gasteiger partial charge in [0.2, 0.25) is 0 Å². The van der Waals surface area contributed by atoms with Gasteiger partial charge < -0.3 is 9.88 Å². The number of hydrogen-bond acceptors (Lipinski definition) is 2. The number of nitrogens with one attached hydrogen (secondary N) is 1. The van der Waals surface area contributed by atoms with Gasteiger partial charge in [-0.15, -0.1) is 0 Å². The topological polar surface area (TPSA) is 29.9 Å². The maximum absolute atomic E-state index is 4.67. The van der Waals surface area contributed by atoms with Crippen molar-refractivity contribution in [3.05, 3.63) is 28.5 Å². The van der Waals surface area contributed by atoms with E-state index in [9.17, 15) is 0 Å². The molecular weight excluding hydrogens is 254 g/mol. The van der Waals surface area contributed by atoms with E-state index in [-0.39, 0.29) is 0 Å². The molecule has 15 heavy (non-hydrogen) atoms. The van der Waals surface area contributed by atoms with E-state index in [1.165, 1.54) is 5.52 Å². The van der Waals surface area contributed by atoms with Crippen LogP contribution in [0.1, 0.15) is 18.8 Å². The van der Waals surface area contributed by atoms with Crippen LogP contribution < -0.4 is 5.32 Å². The Labute approximate surface area is 96.6 Å². The van der Waals surface area contributed by atoms with Crippen LogP contribution in [0.5, 0.6) is 0 Å². The first-order valence-electron chi connectivity index (χ1n) is 5.15. The monoisotopic (exact) mass is 265 g/mol. The SMILES string of the molecule is C[C@@H]1NCCn2c1nc1cc(Br)ccc12. The summed E-state index contributed by atoms with van der Waals surface area (Å²) in [6.07, 6.45) is 0. The van der Waals surface area contributed by atoms with E-state index < -0.39 is 0 Å². The Hall–Kier alpha value is -0.870. The Balaban J connectivity index is 2.30. The first kappa shape index (κ1) is 9.36. The molecular formula is C11H12BrN3. The lowest BCUT2D eigenvalue weighted by Gasteiger charge is -2.21. The zero-order valence-corrected chi connectivity index (χ0v) is 10.1. The van der Waals surface area contributed by atoms with Gasteiger partial charge in [0.15, 0.2) is 0 Å². The molecule has 78 valence electrons. The number of rotatable bonds is 0. The van der Waals surface area contributed by atoms with Crippen LogP contribution in [0.4, 0.5) is 0 Å². The van der Waals surface area contributed by atoms with Crippen LogP contribution in [-0.2, 0) is 6.54 Å². The molecule has 2 aromatic rings. The molecule has 0 radical (unpaired) electrons. The quantitative estimate of drug-likeness (QED) is 0.793. The number of halogens is 1. The summed E-state index contributed by atoms with van der Waals surface area (Å²) in [5.41, 5.74) is 2.32. The van der Waals surface area contributed by atoms with Gasteiger partial charge in [-0.25, -0.2) is 4.98 Å². The molecule has 3 rings (SSSR count). The van der Waals surface area contributed by atoms with Gasteiger partial charge in [0, 0.05) is 17.6 Å². The molecule has 0 amide bonds. The van der Waals surface area contributed by atoms with Gasteiger partial charge in [0.25, 0.3) is 0 Å². The minimum Gasteiger partial charge on any atom is -0.325 e. The van der Waals surface area contributed by atoms with Crippen molar-refractivity contribution in [1.29, 1.82) is 0 Å². The van der Waals surface area contributed by atoms with Crippen molar-refractivity contribution in [1.82, 2.24) is 14.9 Å². The highest BCUT2D eigenvalue weighted by Crippen LogP contribution is 2.25. The molecule has 0 aliphatic carbocycles. The highest BCUT2D eigenvalue weighted by molar-refractivity contribution is 9.10. The Morgan fingerprint density at radius 3 is 3.27 bits per heavy atom. The fourth-order valence-corrected chi connectivity index (χ4v) is 2.52.